The molecule has 0 spiro atoms. The molecule has 0 saturated heterocycles. The lowest BCUT2D eigenvalue weighted by molar-refractivity contribution is 0.959. The van der Waals surface area contributed by atoms with E-state index in [1.54, 1.807) is 0 Å². The van der Waals surface area contributed by atoms with Crippen molar-refractivity contribution >= 4 is 22.5 Å². The van der Waals surface area contributed by atoms with Crippen LogP contribution in [-0.2, 0) is 6.54 Å². The van der Waals surface area contributed by atoms with Crippen molar-refractivity contribution in [2.45, 2.75) is 6.54 Å². The number of fused-ring (bicyclic) bond motifs is 1. The maximum absolute atomic E-state index is 5.79. The van der Waals surface area contributed by atoms with Gasteiger partial charge in [0.15, 0.2) is 0 Å². The normalized spacial score (nSPS) is 10.8. The van der Waals surface area contributed by atoms with E-state index >= 15 is 0 Å². The molecule has 1 heterocycles. The van der Waals surface area contributed by atoms with Crippen LogP contribution in [0.25, 0.3) is 10.9 Å². The van der Waals surface area contributed by atoms with Gasteiger partial charge in [0.2, 0.25) is 0 Å². The van der Waals surface area contributed by atoms with Gasteiger partial charge in [0.05, 0.1) is 11.2 Å². The molecule has 0 aliphatic heterocycles. The van der Waals surface area contributed by atoms with E-state index in [2.05, 4.69) is 10.2 Å². The molecule has 3 N–H and O–H groups in total. The number of aromatic nitrogens is 2. The molecule has 0 unspecified atom stereocenters. The van der Waals surface area contributed by atoms with E-state index in [1.807, 2.05) is 18.2 Å². The molecule has 2 aromatic rings. The molecule has 12 heavy (non-hydrogen) atoms. The number of hydrogen-bond acceptors (Lipinski definition) is 2. The Bertz CT molecular complexity index is 408. The third kappa shape index (κ3) is 1.07. The second-order valence-corrected chi connectivity index (χ2v) is 3.00. The average Bonchev–Trinajstić information content (AvgIpc) is 2.46. The Morgan fingerprint density at radius 1 is 1.50 bits per heavy atom. The van der Waals surface area contributed by atoms with Crippen molar-refractivity contribution in [2.24, 2.45) is 5.73 Å². The van der Waals surface area contributed by atoms with Crippen LogP contribution in [0.15, 0.2) is 18.2 Å². The minimum Gasteiger partial charge on any atom is -0.325 e. The first-order chi connectivity index (χ1) is 5.81. The molecule has 0 aliphatic rings. The summed E-state index contributed by atoms with van der Waals surface area (Å²) in [5, 5.41) is 8.65. The summed E-state index contributed by atoms with van der Waals surface area (Å²) >= 11 is 5.79. The topological polar surface area (TPSA) is 54.7 Å². The van der Waals surface area contributed by atoms with Gasteiger partial charge < -0.3 is 5.73 Å². The smallest absolute Gasteiger partial charge is 0.0939 e. The Hall–Kier alpha value is -1.06. The molecule has 0 aliphatic carbocycles. The maximum atomic E-state index is 5.79. The highest BCUT2D eigenvalue weighted by atomic mass is 35.5. The van der Waals surface area contributed by atoms with Crippen molar-refractivity contribution in [1.82, 2.24) is 10.2 Å². The van der Waals surface area contributed by atoms with E-state index in [4.69, 9.17) is 17.3 Å². The van der Waals surface area contributed by atoms with Crippen LogP contribution in [-0.4, -0.2) is 10.2 Å². The number of halogens is 1. The molecule has 3 nitrogen and oxygen atoms in total. The van der Waals surface area contributed by atoms with Crippen molar-refractivity contribution in [1.29, 1.82) is 0 Å². The van der Waals surface area contributed by atoms with E-state index in [1.165, 1.54) is 0 Å². The first kappa shape index (κ1) is 7.58. The number of benzene rings is 1. The highest BCUT2D eigenvalue weighted by Gasteiger charge is 2.02. The SMILES string of the molecule is NCc1[nH]nc2cc(Cl)ccc12. The molecule has 1 aromatic heterocycles. The van der Waals surface area contributed by atoms with Crippen molar-refractivity contribution in [3.05, 3.63) is 28.9 Å². The molecule has 2 rings (SSSR count). The van der Waals surface area contributed by atoms with E-state index in [0.29, 0.717) is 11.6 Å². The molecular formula is C8H8ClN3. The van der Waals surface area contributed by atoms with Crippen LogP contribution in [0, 0.1) is 0 Å². The Balaban J connectivity index is 2.73. The van der Waals surface area contributed by atoms with Crippen LogP contribution in [0.2, 0.25) is 5.02 Å². The highest BCUT2D eigenvalue weighted by Crippen LogP contribution is 2.19. The van der Waals surface area contributed by atoms with Gasteiger partial charge in [0, 0.05) is 17.0 Å². The quantitative estimate of drug-likeness (QED) is 0.703. The molecule has 0 saturated carbocycles. The molecule has 1 aromatic carbocycles. The van der Waals surface area contributed by atoms with Crippen LogP contribution in [0.3, 0.4) is 0 Å². The lowest BCUT2D eigenvalue weighted by Crippen LogP contribution is -1.96. The highest BCUT2D eigenvalue weighted by molar-refractivity contribution is 6.31. The Morgan fingerprint density at radius 3 is 3.08 bits per heavy atom. The zero-order chi connectivity index (χ0) is 8.55. The zero-order valence-corrected chi connectivity index (χ0v) is 7.10. The van der Waals surface area contributed by atoms with Crippen molar-refractivity contribution in [2.75, 3.05) is 0 Å². The number of H-pyrrole nitrogens is 1. The van der Waals surface area contributed by atoms with Gasteiger partial charge in [0.1, 0.15) is 0 Å². The minimum absolute atomic E-state index is 0.470. The van der Waals surface area contributed by atoms with Gasteiger partial charge in [-0.2, -0.15) is 5.10 Å². The molecule has 0 amide bonds. The Kier molecular flexibility index (Phi) is 1.75. The number of rotatable bonds is 1. The first-order valence-electron chi connectivity index (χ1n) is 3.64. The van der Waals surface area contributed by atoms with E-state index in [9.17, 15) is 0 Å². The Morgan fingerprint density at radius 2 is 2.33 bits per heavy atom. The third-order valence-corrected chi connectivity index (χ3v) is 2.04. The summed E-state index contributed by atoms with van der Waals surface area (Å²) in [7, 11) is 0. The van der Waals surface area contributed by atoms with E-state index in [-0.39, 0.29) is 0 Å². The minimum atomic E-state index is 0.470. The summed E-state index contributed by atoms with van der Waals surface area (Å²) in [4.78, 5) is 0. The van der Waals surface area contributed by atoms with Crippen molar-refractivity contribution < 1.29 is 0 Å². The van der Waals surface area contributed by atoms with Crippen LogP contribution in [0.4, 0.5) is 0 Å². The first-order valence-corrected chi connectivity index (χ1v) is 4.01. The number of nitrogens with zero attached hydrogens (tertiary/aromatic N) is 1. The number of aromatic amines is 1. The van der Waals surface area contributed by atoms with E-state index < -0.39 is 0 Å². The second-order valence-electron chi connectivity index (χ2n) is 2.57. The van der Waals surface area contributed by atoms with Crippen LogP contribution >= 0.6 is 11.6 Å². The monoisotopic (exact) mass is 181 g/mol. The zero-order valence-electron chi connectivity index (χ0n) is 6.34. The summed E-state index contributed by atoms with van der Waals surface area (Å²) in [5.74, 6) is 0. The van der Waals surface area contributed by atoms with Crippen molar-refractivity contribution in [3.63, 3.8) is 0 Å². The largest absolute Gasteiger partial charge is 0.325 e. The molecule has 0 atom stereocenters. The van der Waals surface area contributed by atoms with Gasteiger partial charge in [-0.25, -0.2) is 0 Å². The lowest BCUT2D eigenvalue weighted by Gasteiger charge is -1.91. The van der Waals surface area contributed by atoms with Gasteiger partial charge in [-0.3, -0.25) is 5.10 Å². The Labute approximate surface area is 74.5 Å². The van der Waals surface area contributed by atoms with Crippen LogP contribution < -0.4 is 5.73 Å². The average molecular weight is 182 g/mol. The van der Waals surface area contributed by atoms with Gasteiger partial charge >= 0.3 is 0 Å². The van der Waals surface area contributed by atoms with Gasteiger partial charge in [-0.1, -0.05) is 11.6 Å². The predicted molar refractivity (Wildman–Crippen MR) is 49.0 cm³/mol. The lowest BCUT2D eigenvalue weighted by atomic mass is 10.2. The summed E-state index contributed by atoms with van der Waals surface area (Å²) in [5.41, 5.74) is 7.30. The summed E-state index contributed by atoms with van der Waals surface area (Å²) in [6, 6.07) is 5.56. The summed E-state index contributed by atoms with van der Waals surface area (Å²) < 4.78 is 0. The van der Waals surface area contributed by atoms with Crippen molar-refractivity contribution in [3.8, 4) is 0 Å². The van der Waals surface area contributed by atoms with Crippen LogP contribution in [0.1, 0.15) is 5.69 Å². The fourth-order valence-corrected chi connectivity index (χ4v) is 1.36. The molecule has 0 fully saturated rings. The van der Waals surface area contributed by atoms with Gasteiger partial charge in [-0.15, -0.1) is 0 Å². The predicted octanol–water partition coefficient (Wildman–Crippen LogP) is 1.67. The molecule has 0 bridgehead atoms. The van der Waals surface area contributed by atoms with Gasteiger partial charge in [-0.05, 0) is 18.2 Å². The second kappa shape index (κ2) is 2.77. The molecule has 0 radical (unpaired) electrons. The number of nitrogens with one attached hydrogen (secondary N) is 1. The number of hydrogen-bond donors (Lipinski definition) is 2. The number of nitrogens with two attached hydrogens (primary N) is 1. The van der Waals surface area contributed by atoms with Crippen LogP contribution in [0.5, 0.6) is 0 Å². The molecular weight excluding hydrogens is 174 g/mol. The fraction of sp³-hybridized carbons (Fsp3) is 0.125. The standard InChI is InChI=1S/C8H8ClN3/c9-5-1-2-6-7(3-5)11-12-8(6)4-10/h1-3H,4,10H2,(H,11,12). The molecule has 62 valence electrons. The fourth-order valence-electron chi connectivity index (χ4n) is 1.20. The third-order valence-electron chi connectivity index (χ3n) is 1.80. The maximum Gasteiger partial charge on any atom is 0.0939 e. The summed E-state index contributed by atoms with van der Waals surface area (Å²) in [6.07, 6.45) is 0. The van der Waals surface area contributed by atoms with E-state index in [0.717, 1.165) is 16.6 Å². The molecule has 4 heteroatoms. The van der Waals surface area contributed by atoms with Gasteiger partial charge in [0.25, 0.3) is 0 Å². The summed E-state index contributed by atoms with van der Waals surface area (Å²) in [6.45, 7) is 0.470.